The van der Waals surface area contributed by atoms with Crippen molar-refractivity contribution in [2.45, 2.75) is 57.4 Å². The molecule has 0 heterocycles. The van der Waals surface area contributed by atoms with Gasteiger partial charge < -0.3 is 10.2 Å². The summed E-state index contributed by atoms with van der Waals surface area (Å²) in [5.41, 5.74) is 1.45. The van der Waals surface area contributed by atoms with Crippen LogP contribution in [0.25, 0.3) is 0 Å². The largest absolute Gasteiger partial charge is 0.335 e. The molecule has 0 unspecified atom stereocenters. The molecule has 2 saturated carbocycles. The normalized spacial score (nSPS) is 24.8. The molecule has 22 heavy (non-hydrogen) atoms. The fraction of sp³-hybridized carbons (Fsp3) is 0.632. The summed E-state index contributed by atoms with van der Waals surface area (Å²) in [6, 6.07) is 11.3. The van der Waals surface area contributed by atoms with Gasteiger partial charge in [0.25, 0.3) is 0 Å². The summed E-state index contributed by atoms with van der Waals surface area (Å²) in [6.07, 6.45) is 7.17. The lowest BCUT2D eigenvalue weighted by Gasteiger charge is -2.31. The van der Waals surface area contributed by atoms with Crippen molar-refractivity contribution in [3.8, 4) is 0 Å². The SMILES string of the molecule is CCN(CC1CC1)C(=O)NC1CCC(c2ccccc2)CC1. The van der Waals surface area contributed by atoms with E-state index in [2.05, 4.69) is 42.6 Å². The van der Waals surface area contributed by atoms with Crippen molar-refractivity contribution in [3.63, 3.8) is 0 Å². The predicted octanol–water partition coefficient (Wildman–Crippen LogP) is 4.15. The van der Waals surface area contributed by atoms with Crippen LogP contribution in [0.4, 0.5) is 4.79 Å². The van der Waals surface area contributed by atoms with E-state index in [1.54, 1.807) is 0 Å². The van der Waals surface area contributed by atoms with Crippen LogP contribution in [-0.2, 0) is 0 Å². The highest BCUT2D eigenvalue weighted by Crippen LogP contribution is 2.33. The second kappa shape index (κ2) is 7.17. The average molecular weight is 300 g/mol. The molecule has 3 heteroatoms. The molecule has 120 valence electrons. The monoisotopic (exact) mass is 300 g/mol. The van der Waals surface area contributed by atoms with Crippen LogP contribution in [0.5, 0.6) is 0 Å². The van der Waals surface area contributed by atoms with Crippen LogP contribution in [0.2, 0.25) is 0 Å². The maximum atomic E-state index is 12.4. The van der Waals surface area contributed by atoms with Crippen molar-refractivity contribution in [1.29, 1.82) is 0 Å². The first kappa shape index (κ1) is 15.4. The molecular weight excluding hydrogens is 272 g/mol. The lowest BCUT2D eigenvalue weighted by molar-refractivity contribution is 0.189. The topological polar surface area (TPSA) is 32.3 Å². The van der Waals surface area contributed by atoms with E-state index in [0.29, 0.717) is 12.0 Å². The number of amides is 2. The van der Waals surface area contributed by atoms with Crippen LogP contribution in [0.3, 0.4) is 0 Å². The molecule has 0 aliphatic heterocycles. The lowest BCUT2D eigenvalue weighted by Crippen LogP contribution is -2.46. The highest BCUT2D eigenvalue weighted by Gasteiger charge is 2.28. The minimum absolute atomic E-state index is 0.151. The molecular formula is C19H28N2O. The third-order valence-electron chi connectivity index (χ3n) is 5.17. The number of hydrogen-bond acceptors (Lipinski definition) is 1. The Morgan fingerprint density at radius 2 is 1.77 bits per heavy atom. The summed E-state index contributed by atoms with van der Waals surface area (Å²) in [5.74, 6) is 1.43. The molecule has 2 amide bonds. The Hall–Kier alpha value is -1.51. The quantitative estimate of drug-likeness (QED) is 0.870. The summed E-state index contributed by atoms with van der Waals surface area (Å²) in [7, 11) is 0. The number of nitrogens with one attached hydrogen (secondary N) is 1. The number of benzene rings is 1. The van der Waals surface area contributed by atoms with Crippen molar-refractivity contribution in [2.75, 3.05) is 13.1 Å². The number of carbonyl (C=O) groups is 1. The Balaban J connectivity index is 1.45. The van der Waals surface area contributed by atoms with Gasteiger partial charge in [-0.1, -0.05) is 30.3 Å². The Bertz CT molecular complexity index is 475. The van der Waals surface area contributed by atoms with Gasteiger partial charge in [0.05, 0.1) is 0 Å². The van der Waals surface area contributed by atoms with Crippen molar-refractivity contribution in [2.24, 2.45) is 5.92 Å². The molecule has 0 atom stereocenters. The Morgan fingerprint density at radius 1 is 1.09 bits per heavy atom. The highest BCUT2D eigenvalue weighted by molar-refractivity contribution is 5.74. The van der Waals surface area contributed by atoms with E-state index >= 15 is 0 Å². The number of rotatable bonds is 5. The standard InChI is InChI=1S/C19H28N2O/c1-2-21(14-15-8-9-15)19(22)20-18-12-10-17(11-13-18)16-6-4-3-5-7-16/h3-7,15,17-18H,2,8-14H2,1H3,(H,20,22). The Morgan fingerprint density at radius 3 is 2.36 bits per heavy atom. The first-order valence-corrected chi connectivity index (χ1v) is 8.86. The molecule has 2 aliphatic rings. The minimum Gasteiger partial charge on any atom is -0.335 e. The third-order valence-corrected chi connectivity index (χ3v) is 5.17. The van der Waals surface area contributed by atoms with Gasteiger partial charge in [-0.05, 0) is 62.8 Å². The zero-order valence-electron chi connectivity index (χ0n) is 13.6. The second-order valence-electron chi connectivity index (χ2n) is 6.89. The molecule has 0 aromatic heterocycles. The van der Waals surface area contributed by atoms with E-state index in [0.717, 1.165) is 31.8 Å². The van der Waals surface area contributed by atoms with E-state index in [9.17, 15) is 4.79 Å². The van der Waals surface area contributed by atoms with Crippen molar-refractivity contribution in [1.82, 2.24) is 10.2 Å². The zero-order chi connectivity index (χ0) is 15.4. The third kappa shape index (κ3) is 4.02. The van der Waals surface area contributed by atoms with Gasteiger partial charge in [-0.15, -0.1) is 0 Å². The molecule has 0 saturated heterocycles. The summed E-state index contributed by atoms with van der Waals surface area (Å²) in [6.45, 7) is 3.84. The molecule has 3 rings (SSSR count). The minimum atomic E-state index is 0.151. The lowest BCUT2D eigenvalue weighted by atomic mass is 9.82. The van der Waals surface area contributed by atoms with E-state index < -0.39 is 0 Å². The molecule has 3 nitrogen and oxygen atoms in total. The number of hydrogen-bond donors (Lipinski definition) is 1. The van der Waals surface area contributed by atoms with Crippen molar-refractivity contribution in [3.05, 3.63) is 35.9 Å². The van der Waals surface area contributed by atoms with Crippen LogP contribution in [0, 0.1) is 5.92 Å². The smallest absolute Gasteiger partial charge is 0.317 e. The number of nitrogens with zero attached hydrogens (tertiary/aromatic N) is 1. The molecule has 0 spiro atoms. The van der Waals surface area contributed by atoms with E-state index in [1.807, 2.05) is 4.90 Å². The van der Waals surface area contributed by atoms with E-state index in [4.69, 9.17) is 0 Å². The summed E-state index contributed by atoms with van der Waals surface area (Å²) >= 11 is 0. The summed E-state index contributed by atoms with van der Waals surface area (Å²) in [5, 5.41) is 3.26. The zero-order valence-corrected chi connectivity index (χ0v) is 13.6. The second-order valence-corrected chi connectivity index (χ2v) is 6.89. The van der Waals surface area contributed by atoms with Gasteiger partial charge in [0.1, 0.15) is 0 Å². The van der Waals surface area contributed by atoms with Gasteiger partial charge in [-0.2, -0.15) is 0 Å². The van der Waals surface area contributed by atoms with Gasteiger partial charge in [-0.25, -0.2) is 4.79 Å². The molecule has 1 N–H and O–H groups in total. The molecule has 0 radical (unpaired) electrons. The molecule has 1 aromatic rings. The number of carbonyl (C=O) groups excluding carboxylic acids is 1. The Kier molecular flexibility index (Phi) is 5.01. The molecule has 1 aromatic carbocycles. The highest BCUT2D eigenvalue weighted by atomic mass is 16.2. The van der Waals surface area contributed by atoms with Gasteiger partial charge >= 0.3 is 6.03 Å². The van der Waals surface area contributed by atoms with Gasteiger partial charge in [0.15, 0.2) is 0 Å². The van der Waals surface area contributed by atoms with Crippen LogP contribution in [0.1, 0.15) is 56.9 Å². The van der Waals surface area contributed by atoms with Gasteiger partial charge in [-0.3, -0.25) is 0 Å². The van der Waals surface area contributed by atoms with Crippen LogP contribution in [-0.4, -0.2) is 30.1 Å². The molecule has 2 fully saturated rings. The van der Waals surface area contributed by atoms with E-state index in [1.165, 1.54) is 31.2 Å². The van der Waals surface area contributed by atoms with Crippen molar-refractivity contribution < 1.29 is 4.79 Å². The summed E-state index contributed by atoms with van der Waals surface area (Å²) in [4.78, 5) is 14.4. The first-order valence-electron chi connectivity index (χ1n) is 8.86. The first-order chi connectivity index (χ1) is 10.8. The van der Waals surface area contributed by atoms with Gasteiger partial charge in [0.2, 0.25) is 0 Å². The van der Waals surface area contributed by atoms with Crippen LogP contribution >= 0.6 is 0 Å². The van der Waals surface area contributed by atoms with E-state index in [-0.39, 0.29) is 6.03 Å². The van der Waals surface area contributed by atoms with Crippen LogP contribution < -0.4 is 5.32 Å². The molecule has 2 aliphatic carbocycles. The Labute approximate surface area is 134 Å². The maximum Gasteiger partial charge on any atom is 0.317 e. The average Bonchev–Trinajstić information content (AvgIpc) is 3.38. The van der Waals surface area contributed by atoms with Gasteiger partial charge in [0, 0.05) is 19.1 Å². The number of urea groups is 1. The maximum absolute atomic E-state index is 12.4. The van der Waals surface area contributed by atoms with Crippen molar-refractivity contribution >= 4 is 6.03 Å². The molecule has 0 bridgehead atoms. The fourth-order valence-electron chi connectivity index (χ4n) is 3.53. The van der Waals surface area contributed by atoms with Crippen LogP contribution in [0.15, 0.2) is 30.3 Å². The predicted molar refractivity (Wildman–Crippen MR) is 89.9 cm³/mol. The fourth-order valence-corrected chi connectivity index (χ4v) is 3.53. The summed E-state index contributed by atoms with van der Waals surface area (Å²) < 4.78 is 0.